The zero-order valence-corrected chi connectivity index (χ0v) is 24.3. The highest BCUT2D eigenvalue weighted by molar-refractivity contribution is 7.89. The monoisotopic (exact) mass is 574 g/mol. The Morgan fingerprint density at radius 2 is 1.92 bits per heavy atom. The predicted octanol–water partition coefficient (Wildman–Crippen LogP) is 5.39. The predicted molar refractivity (Wildman–Crippen MR) is 153 cm³/mol. The number of sulfone groups is 1. The number of fused-ring (bicyclic) bond motifs is 1. The standard InChI is InChI=1S/C27H31ClN4O4S2/c1-16(19-8-6-17(10-20(19)28)12-31-27(2,3)4)36-22-11-23(37-25(22)26(29)33)21-13-30-24-9-7-18(14-32(21)24)15-38(5,34)35/h6-11,13-14,16,31H,12,15H2,1-5H3,(H2,29,33)/t16-/m1/s1. The molecule has 0 saturated heterocycles. The van der Waals surface area contributed by atoms with Gasteiger partial charge in [-0.3, -0.25) is 9.20 Å². The van der Waals surface area contributed by atoms with Crippen LogP contribution in [0.2, 0.25) is 5.02 Å². The third kappa shape index (κ3) is 6.74. The SMILES string of the molecule is C[C@@H](Oc1cc(-c2cnc3ccc(CS(C)(=O)=O)cn23)sc1C(N)=O)c1ccc(CNC(C)(C)C)cc1Cl. The summed E-state index contributed by atoms with van der Waals surface area (Å²) in [5, 5.41) is 4.01. The van der Waals surface area contributed by atoms with Crippen LogP contribution >= 0.6 is 22.9 Å². The Labute approximate surface area is 231 Å². The van der Waals surface area contributed by atoms with Crippen LogP contribution in [0, 0.1) is 0 Å². The van der Waals surface area contributed by atoms with Crippen LogP contribution in [-0.2, 0) is 22.1 Å². The quantitative estimate of drug-likeness (QED) is 0.277. The largest absolute Gasteiger partial charge is 0.484 e. The van der Waals surface area contributed by atoms with E-state index in [9.17, 15) is 13.2 Å². The van der Waals surface area contributed by atoms with Gasteiger partial charge in [0.15, 0.2) is 9.84 Å². The number of hydrogen-bond donors (Lipinski definition) is 2. The van der Waals surface area contributed by atoms with Crippen molar-refractivity contribution >= 4 is 44.3 Å². The molecule has 0 saturated carbocycles. The van der Waals surface area contributed by atoms with Crippen molar-refractivity contribution in [2.45, 2.75) is 51.6 Å². The van der Waals surface area contributed by atoms with Gasteiger partial charge in [0.1, 0.15) is 22.4 Å². The summed E-state index contributed by atoms with van der Waals surface area (Å²) in [7, 11) is -3.20. The van der Waals surface area contributed by atoms with E-state index in [1.165, 1.54) is 17.6 Å². The van der Waals surface area contributed by atoms with Crippen molar-refractivity contribution in [2.24, 2.45) is 5.73 Å². The molecule has 4 rings (SSSR count). The highest BCUT2D eigenvalue weighted by atomic mass is 35.5. The Hall–Kier alpha value is -2.92. The molecule has 1 aromatic carbocycles. The van der Waals surface area contributed by atoms with Crippen molar-refractivity contribution in [1.82, 2.24) is 14.7 Å². The fourth-order valence-corrected chi connectivity index (χ4v) is 6.07. The number of benzene rings is 1. The number of ether oxygens (including phenoxy) is 1. The van der Waals surface area contributed by atoms with Crippen LogP contribution in [-0.4, -0.2) is 35.5 Å². The molecule has 0 unspecified atom stereocenters. The summed E-state index contributed by atoms with van der Waals surface area (Å²) in [4.78, 5) is 17.7. The van der Waals surface area contributed by atoms with E-state index in [-0.39, 0.29) is 16.2 Å². The number of nitrogens with one attached hydrogen (secondary N) is 1. The second-order valence-corrected chi connectivity index (χ2v) is 14.0. The Kier molecular flexibility index (Phi) is 7.90. The van der Waals surface area contributed by atoms with Gasteiger partial charge in [-0.25, -0.2) is 13.4 Å². The van der Waals surface area contributed by atoms with Gasteiger partial charge >= 0.3 is 0 Å². The van der Waals surface area contributed by atoms with Gasteiger partial charge in [-0.2, -0.15) is 0 Å². The summed E-state index contributed by atoms with van der Waals surface area (Å²) >= 11 is 7.80. The van der Waals surface area contributed by atoms with Crippen molar-refractivity contribution in [3.8, 4) is 16.3 Å². The molecule has 11 heteroatoms. The van der Waals surface area contributed by atoms with Gasteiger partial charge in [0.25, 0.3) is 5.91 Å². The number of nitrogens with two attached hydrogens (primary N) is 1. The van der Waals surface area contributed by atoms with Gasteiger partial charge in [-0.15, -0.1) is 11.3 Å². The second kappa shape index (κ2) is 10.7. The molecule has 0 aliphatic heterocycles. The first-order valence-corrected chi connectivity index (χ1v) is 15.2. The van der Waals surface area contributed by atoms with Crippen LogP contribution in [0.3, 0.4) is 0 Å². The number of primary amides is 1. The molecule has 4 aromatic rings. The number of halogens is 1. The maximum Gasteiger partial charge on any atom is 0.262 e. The molecule has 1 amide bonds. The first kappa shape index (κ1) is 28.1. The summed E-state index contributed by atoms with van der Waals surface area (Å²) in [5.74, 6) is -0.346. The number of nitrogens with zero attached hydrogens (tertiary/aromatic N) is 2. The minimum Gasteiger partial charge on any atom is -0.484 e. The summed E-state index contributed by atoms with van der Waals surface area (Å²) in [6.07, 6.45) is 4.15. The average Bonchev–Trinajstić information content (AvgIpc) is 3.40. The molecule has 8 nitrogen and oxygen atoms in total. The van der Waals surface area contributed by atoms with E-state index < -0.39 is 21.8 Å². The topological polar surface area (TPSA) is 116 Å². The number of rotatable bonds is 9. The van der Waals surface area contributed by atoms with Crippen molar-refractivity contribution in [2.75, 3.05) is 6.26 Å². The van der Waals surface area contributed by atoms with E-state index in [0.29, 0.717) is 39.1 Å². The first-order valence-electron chi connectivity index (χ1n) is 12.0. The lowest BCUT2D eigenvalue weighted by Crippen LogP contribution is -2.35. The molecule has 3 aromatic heterocycles. The van der Waals surface area contributed by atoms with Crippen LogP contribution in [0.4, 0.5) is 0 Å². The molecular formula is C27H31ClN4O4S2. The molecule has 3 N–H and O–H groups in total. The number of carbonyl (C=O) groups excluding carboxylic acids is 1. The molecule has 0 aliphatic rings. The molecule has 38 heavy (non-hydrogen) atoms. The normalized spacial score (nSPS) is 13.1. The van der Waals surface area contributed by atoms with E-state index in [1.54, 1.807) is 35.0 Å². The Bertz CT molecular complexity index is 1600. The molecule has 0 spiro atoms. The molecular weight excluding hydrogens is 544 g/mol. The van der Waals surface area contributed by atoms with Gasteiger partial charge in [0.05, 0.1) is 22.5 Å². The van der Waals surface area contributed by atoms with Crippen molar-refractivity contribution in [3.63, 3.8) is 0 Å². The zero-order valence-electron chi connectivity index (χ0n) is 21.9. The fourth-order valence-electron chi connectivity index (χ4n) is 3.99. The fraction of sp³-hybridized carbons (Fsp3) is 0.333. The Morgan fingerprint density at radius 3 is 2.55 bits per heavy atom. The van der Waals surface area contributed by atoms with Crippen molar-refractivity contribution < 1.29 is 17.9 Å². The lowest BCUT2D eigenvalue weighted by Gasteiger charge is -2.21. The lowest BCUT2D eigenvalue weighted by atomic mass is 10.1. The third-order valence-electron chi connectivity index (χ3n) is 5.80. The first-order chi connectivity index (χ1) is 17.7. The minimum atomic E-state index is -3.20. The molecule has 3 heterocycles. The zero-order chi connectivity index (χ0) is 27.8. The van der Waals surface area contributed by atoms with Crippen molar-refractivity contribution in [1.29, 1.82) is 0 Å². The van der Waals surface area contributed by atoms with Crippen LogP contribution in [0.15, 0.2) is 48.8 Å². The Balaban J connectivity index is 1.62. The second-order valence-electron chi connectivity index (χ2n) is 10.4. The highest BCUT2D eigenvalue weighted by Crippen LogP contribution is 2.39. The molecule has 0 fully saturated rings. The van der Waals surface area contributed by atoms with E-state index in [4.69, 9.17) is 22.1 Å². The number of hydrogen-bond acceptors (Lipinski definition) is 7. The maximum absolute atomic E-state index is 12.3. The van der Waals surface area contributed by atoms with Crippen LogP contribution in [0.5, 0.6) is 5.75 Å². The van der Waals surface area contributed by atoms with Crippen LogP contribution in [0.1, 0.15) is 60.2 Å². The van der Waals surface area contributed by atoms with Gasteiger partial charge < -0.3 is 15.8 Å². The number of imidazole rings is 1. The van der Waals surface area contributed by atoms with Crippen LogP contribution < -0.4 is 15.8 Å². The molecule has 1 atom stereocenters. The number of carbonyl (C=O) groups is 1. The Morgan fingerprint density at radius 1 is 1.21 bits per heavy atom. The van der Waals surface area contributed by atoms with E-state index in [0.717, 1.165) is 11.1 Å². The van der Waals surface area contributed by atoms with Crippen molar-refractivity contribution in [3.05, 3.63) is 75.4 Å². The number of amides is 1. The summed E-state index contributed by atoms with van der Waals surface area (Å²) in [6.45, 7) is 8.86. The number of thiophene rings is 1. The highest BCUT2D eigenvalue weighted by Gasteiger charge is 2.22. The van der Waals surface area contributed by atoms with Gasteiger partial charge in [-0.05, 0) is 51.0 Å². The van der Waals surface area contributed by atoms with Gasteiger partial charge in [0, 0.05) is 41.2 Å². The van der Waals surface area contributed by atoms with Crippen LogP contribution in [0.25, 0.3) is 16.2 Å². The smallest absolute Gasteiger partial charge is 0.262 e. The maximum atomic E-state index is 12.3. The van der Waals surface area contributed by atoms with E-state index in [2.05, 4.69) is 31.1 Å². The lowest BCUT2D eigenvalue weighted by molar-refractivity contribution is 0.0998. The molecule has 0 radical (unpaired) electrons. The number of aromatic nitrogens is 2. The molecule has 0 aliphatic carbocycles. The average molecular weight is 575 g/mol. The number of pyridine rings is 1. The summed E-state index contributed by atoms with van der Waals surface area (Å²) in [5.41, 5.74) is 9.49. The van der Waals surface area contributed by atoms with E-state index in [1.807, 2.05) is 25.1 Å². The minimum absolute atomic E-state index is 0.0144. The third-order valence-corrected chi connectivity index (χ3v) is 8.14. The van der Waals surface area contributed by atoms with Gasteiger partial charge in [0.2, 0.25) is 0 Å². The summed E-state index contributed by atoms with van der Waals surface area (Å²) < 4.78 is 31.6. The summed E-state index contributed by atoms with van der Waals surface area (Å²) in [6, 6.07) is 11.1. The molecule has 0 bridgehead atoms. The van der Waals surface area contributed by atoms with E-state index >= 15 is 0 Å². The molecule has 202 valence electrons. The van der Waals surface area contributed by atoms with Gasteiger partial charge in [-0.1, -0.05) is 29.8 Å².